The van der Waals surface area contributed by atoms with Crippen molar-refractivity contribution in [1.82, 2.24) is 0 Å². The Morgan fingerprint density at radius 1 is 1.44 bits per heavy atom. The zero-order valence-electron chi connectivity index (χ0n) is 9.10. The topological polar surface area (TPSA) is 73.9 Å². The van der Waals surface area contributed by atoms with Crippen LogP contribution in [0, 0.1) is 0 Å². The van der Waals surface area contributed by atoms with E-state index in [4.69, 9.17) is 19.9 Å². The van der Waals surface area contributed by atoms with Gasteiger partial charge in [-0.2, -0.15) is 0 Å². The molecule has 0 amide bonds. The number of hydrogen-bond donors (Lipinski definition) is 2. The summed E-state index contributed by atoms with van der Waals surface area (Å²) < 4.78 is 15.8. The molecule has 1 heterocycles. The Bertz CT molecular complexity index is 380. The van der Waals surface area contributed by atoms with Crippen molar-refractivity contribution in [2.45, 2.75) is 12.7 Å². The number of ether oxygens (including phenoxy) is 3. The van der Waals surface area contributed by atoms with Crippen LogP contribution >= 0.6 is 0 Å². The van der Waals surface area contributed by atoms with Gasteiger partial charge in [0, 0.05) is 24.8 Å². The molecule has 5 heteroatoms. The van der Waals surface area contributed by atoms with Gasteiger partial charge in [0.2, 0.25) is 6.79 Å². The van der Waals surface area contributed by atoms with E-state index in [9.17, 15) is 5.11 Å². The van der Waals surface area contributed by atoms with E-state index in [2.05, 4.69) is 0 Å². The first kappa shape index (κ1) is 11.2. The highest BCUT2D eigenvalue weighted by Crippen LogP contribution is 2.41. The van der Waals surface area contributed by atoms with Crippen LogP contribution in [0.2, 0.25) is 0 Å². The van der Waals surface area contributed by atoms with E-state index in [1.165, 1.54) is 0 Å². The van der Waals surface area contributed by atoms with Gasteiger partial charge < -0.3 is 25.1 Å². The highest BCUT2D eigenvalue weighted by molar-refractivity contribution is 5.54. The van der Waals surface area contributed by atoms with E-state index in [0.717, 1.165) is 5.56 Å². The number of aliphatic hydroxyl groups excluding tert-OH is 1. The molecule has 1 aromatic rings. The fourth-order valence-electron chi connectivity index (χ4n) is 1.73. The smallest absolute Gasteiger partial charge is 0.231 e. The predicted molar refractivity (Wildman–Crippen MR) is 57.3 cm³/mol. The van der Waals surface area contributed by atoms with Gasteiger partial charge in [0.25, 0.3) is 0 Å². The molecule has 0 spiro atoms. The number of hydrogen-bond acceptors (Lipinski definition) is 5. The van der Waals surface area contributed by atoms with Crippen molar-refractivity contribution in [1.29, 1.82) is 0 Å². The first-order chi connectivity index (χ1) is 7.77. The van der Waals surface area contributed by atoms with Crippen LogP contribution in [-0.4, -0.2) is 25.6 Å². The maximum atomic E-state index is 9.72. The molecule has 0 saturated carbocycles. The molecule has 1 unspecified atom stereocenters. The van der Waals surface area contributed by atoms with Gasteiger partial charge in [0.05, 0.1) is 12.7 Å². The molecule has 0 saturated heterocycles. The van der Waals surface area contributed by atoms with E-state index in [-0.39, 0.29) is 13.3 Å². The summed E-state index contributed by atoms with van der Waals surface area (Å²) in [6.07, 6.45) is -0.730. The van der Waals surface area contributed by atoms with E-state index in [1.807, 2.05) is 6.07 Å². The summed E-state index contributed by atoms with van der Waals surface area (Å²) >= 11 is 0. The molecule has 88 valence electrons. The molecule has 0 fully saturated rings. The van der Waals surface area contributed by atoms with Crippen LogP contribution in [0.3, 0.4) is 0 Å². The Hall–Kier alpha value is -1.30. The molecule has 0 aliphatic carbocycles. The number of benzene rings is 1. The van der Waals surface area contributed by atoms with Gasteiger partial charge in [-0.3, -0.25) is 0 Å². The SMILES string of the molecule is COCc1ccc(C(O)CN)c2c1OCO2. The molecule has 5 nitrogen and oxygen atoms in total. The molecule has 1 aliphatic rings. The van der Waals surface area contributed by atoms with E-state index < -0.39 is 6.10 Å². The number of rotatable bonds is 4. The summed E-state index contributed by atoms with van der Waals surface area (Å²) in [5, 5.41) is 9.72. The quantitative estimate of drug-likeness (QED) is 0.783. The molecular weight excluding hydrogens is 210 g/mol. The summed E-state index contributed by atoms with van der Waals surface area (Å²) in [5.74, 6) is 1.22. The average molecular weight is 225 g/mol. The van der Waals surface area contributed by atoms with Gasteiger partial charge in [-0.1, -0.05) is 12.1 Å². The van der Waals surface area contributed by atoms with Crippen molar-refractivity contribution in [2.24, 2.45) is 5.73 Å². The van der Waals surface area contributed by atoms with Crippen LogP contribution in [0.1, 0.15) is 17.2 Å². The predicted octanol–water partition coefficient (Wildman–Crippen LogP) is 0.554. The van der Waals surface area contributed by atoms with Gasteiger partial charge in [0.1, 0.15) is 0 Å². The highest BCUT2D eigenvalue weighted by Gasteiger charge is 2.24. The summed E-state index contributed by atoms with van der Waals surface area (Å²) in [6, 6.07) is 3.64. The summed E-state index contributed by atoms with van der Waals surface area (Å²) in [6.45, 7) is 0.768. The maximum Gasteiger partial charge on any atom is 0.231 e. The van der Waals surface area contributed by atoms with Gasteiger partial charge in [-0.15, -0.1) is 0 Å². The van der Waals surface area contributed by atoms with Crippen molar-refractivity contribution in [2.75, 3.05) is 20.4 Å². The van der Waals surface area contributed by atoms with Crippen LogP contribution in [0.4, 0.5) is 0 Å². The average Bonchev–Trinajstić information content (AvgIpc) is 2.78. The second kappa shape index (κ2) is 4.69. The summed E-state index contributed by atoms with van der Waals surface area (Å²) in [7, 11) is 1.62. The largest absolute Gasteiger partial charge is 0.453 e. The van der Waals surface area contributed by atoms with E-state index in [0.29, 0.717) is 23.7 Å². The lowest BCUT2D eigenvalue weighted by atomic mass is 10.0. The minimum Gasteiger partial charge on any atom is -0.453 e. The number of methoxy groups -OCH3 is 1. The van der Waals surface area contributed by atoms with Crippen molar-refractivity contribution in [3.05, 3.63) is 23.3 Å². The van der Waals surface area contributed by atoms with Crippen LogP contribution in [0.15, 0.2) is 12.1 Å². The summed E-state index contributed by atoms with van der Waals surface area (Å²) in [4.78, 5) is 0. The molecule has 2 rings (SSSR count). The van der Waals surface area contributed by atoms with Crippen LogP contribution < -0.4 is 15.2 Å². The molecule has 1 aromatic carbocycles. The normalized spacial score (nSPS) is 15.2. The number of nitrogens with two attached hydrogens (primary N) is 1. The first-order valence-corrected chi connectivity index (χ1v) is 5.06. The third kappa shape index (κ3) is 1.84. The Morgan fingerprint density at radius 3 is 2.88 bits per heavy atom. The zero-order chi connectivity index (χ0) is 11.5. The third-order valence-electron chi connectivity index (χ3n) is 2.51. The lowest BCUT2D eigenvalue weighted by molar-refractivity contribution is 0.156. The lowest BCUT2D eigenvalue weighted by Crippen LogP contribution is -2.12. The molecule has 1 atom stereocenters. The fraction of sp³-hybridized carbons (Fsp3) is 0.455. The van der Waals surface area contributed by atoms with Gasteiger partial charge in [-0.25, -0.2) is 0 Å². The minimum atomic E-state index is -0.730. The van der Waals surface area contributed by atoms with Gasteiger partial charge >= 0.3 is 0 Å². The second-order valence-electron chi connectivity index (χ2n) is 3.56. The molecule has 0 radical (unpaired) electrons. The van der Waals surface area contributed by atoms with E-state index >= 15 is 0 Å². The Morgan fingerprint density at radius 2 is 2.19 bits per heavy atom. The third-order valence-corrected chi connectivity index (χ3v) is 2.51. The fourth-order valence-corrected chi connectivity index (χ4v) is 1.73. The van der Waals surface area contributed by atoms with Crippen molar-refractivity contribution < 1.29 is 19.3 Å². The van der Waals surface area contributed by atoms with Gasteiger partial charge in [0.15, 0.2) is 11.5 Å². The Labute approximate surface area is 93.7 Å². The summed E-state index contributed by atoms with van der Waals surface area (Å²) in [5.41, 5.74) is 6.99. The Balaban J connectivity index is 2.40. The first-order valence-electron chi connectivity index (χ1n) is 5.06. The van der Waals surface area contributed by atoms with Crippen molar-refractivity contribution in [3.8, 4) is 11.5 Å². The van der Waals surface area contributed by atoms with E-state index in [1.54, 1.807) is 13.2 Å². The maximum absolute atomic E-state index is 9.72. The van der Waals surface area contributed by atoms with Crippen molar-refractivity contribution in [3.63, 3.8) is 0 Å². The van der Waals surface area contributed by atoms with Crippen LogP contribution in [-0.2, 0) is 11.3 Å². The standard InChI is InChI=1S/C11H15NO4/c1-14-5-7-2-3-8(9(13)4-12)11-10(7)15-6-16-11/h2-3,9,13H,4-6,12H2,1H3. The van der Waals surface area contributed by atoms with Crippen LogP contribution in [0.5, 0.6) is 11.5 Å². The molecule has 3 N–H and O–H groups in total. The lowest BCUT2D eigenvalue weighted by Gasteiger charge is -2.13. The van der Waals surface area contributed by atoms with Crippen LogP contribution in [0.25, 0.3) is 0 Å². The number of aliphatic hydroxyl groups is 1. The minimum absolute atomic E-state index is 0.152. The monoisotopic (exact) mass is 225 g/mol. The molecular formula is C11H15NO4. The molecule has 1 aliphatic heterocycles. The Kier molecular flexibility index (Phi) is 3.28. The highest BCUT2D eigenvalue weighted by atomic mass is 16.7. The van der Waals surface area contributed by atoms with Gasteiger partial charge in [-0.05, 0) is 0 Å². The second-order valence-corrected chi connectivity index (χ2v) is 3.56. The number of fused-ring (bicyclic) bond motifs is 1. The molecule has 16 heavy (non-hydrogen) atoms. The molecule has 0 aromatic heterocycles. The zero-order valence-corrected chi connectivity index (χ0v) is 9.10. The molecule has 0 bridgehead atoms. The van der Waals surface area contributed by atoms with Crippen molar-refractivity contribution >= 4 is 0 Å².